The molecule has 24 heavy (non-hydrogen) atoms. The van der Waals surface area contributed by atoms with Gasteiger partial charge in [0.15, 0.2) is 5.16 Å². The quantitative estimate of drug-likeness (QED) is 0.489. The highest BCUT2D eigenvalue weighted by Crippen LogP contribution is 2.44. The summed E-state index contributed by atoms with van der Waals surface area (Å²) in [5.74, 6) is 0.121. The Kier molecular flexibility index (Phi) is 3.00. The highest BCUT2D eigenvalue weighted by Gasteiger charge is 2.30. The molecule has 0 spiro atoms. The molecule has 0 radical (unpaired) electrons. The van der Waals surface area contributed by atoms with Gasteiger partial charge in [-0.25, -0.2) is 4.98 Å². The van der Waals surface area contributed by atoms with Crippen molar-refractivity contribution in [1.82, 2.24) is 9.55 Å². The van der Waals surface area contributed by atoms with Crippen molar-refractivity contribution in [3.8, 4) is 0 Å². The largest absolute Gasteiger partial charge is 0.274 e. The van der Waals surface area contributed by atoms with E-state index in [4.69, 9.17) is 0 Å². The first-order valence-corrected chi connectivity index (χ1v) is 8.84. The van der Waals surface area contributed by atoms with E-state index in [2.05, 4.69) is 41.4 Å². The third-order valence-corrected chi connectivity index (χ3v) is 5.75. The van der Waals surface area contributed by atoms with Crippen molar-refractivity contribution < 1.29 is 4.79 Å². The summed E-state index contributed by atoms with van der Waals surface area (Å²) >= 11 is 1.69. The molecule has 0 N–H and O–H groups in total. The number of thioether (sulfide) groups is 1. The Morgan fingerprint density at radius 1 is 0.958 bits per heavy atom. The second kappa shape index (κ2) is 5.21. The molecule has 0 aliphatic carbocycles. The smallest absolute Gasteiger partial charge is 0.234 e. The Hall–Kier alpha value is -2.59. The predicted molar refractivity (Wildman–Crippen MR) is 97.5 cm³/mol. The minimum absolute atomic E-state index is 0.105. The molecule has 1 aromatic heterocycles. The summed E-state index contributed by atoms with van der Waals surface area (Å²) in [5, 5.41) is 3.33. The van der Waals surface area contributed by atoms with Crippen LogP contribution in [-0.4, -0.2) is 15.5 Å². The molecule has 116 valence electrons. The fraction of sp³-hybridized carbons (Fsp3) is 0.100. The summed E-state index contributed by atoms with van der Waals surface area (Å²) in [7, 11) is 0. The third-order valence-electron chi connectivity index (χ3n) is 4.56. The Labute approximate surface area is 143 Å². The third kappa shape index (κ3) is 2.00. The van der Waals surface area contributed by atoms with Crippen LogP contribution in [0.3, 0.4) is 0 Å². The summed E-state index contributed by atoms with van der Waals surface area (Å²) in [6.07, 6.45) is 0.492. The molecule has 4 aromatic rings. The lowest BCUT2D eigenvalue weighted by atomic mass is 10.0. The summed E-state index contributed by atoms with van der Waals surface area (Å²) < 4.78 is 1.77. The van der Waals surface area contributed by atoms with Gasteiger partial charge in [-0.15, -0.1) is 0 Å². The van der Waals surface area contributed by atoms with Crippen molar-refractivity contribution in [1.29, 1.82) is 0 Å². The maximum atomic E-state index is 12.8. The number of rotatable bonds is 1. The zero-order chi connectivity index (χ0) is 16.1. The molecular weight excluding hydrogens is 316 g/mol. The fourth-order valence-corrected chi connectivity index (χ4v) is 4.72. The molecule has 0 amide bonds. The maximum Gasteiger partial charge on any atom is 0.234 e. The number of hydrogen-bond acceptors (Lipinski definition) is 3. The van der Waals surface area contributed by atoms with Gasteiger partial charge in [0.05, 0.1) is 11.0 Å². The number of nitrogens with zero attached hydrogens (tertiary/aromatic N) is 2. The zero-order valence-electron chi connectivity index (χ0n) is 12.8. The van der Waals surface area contributed by atoms with Gasteiger partial charge >= 0.3 is 0 Å². The number of aromatic nitrogens is 2. The number of benzene rings is 3. The molecule has 1 aliphatic rings. The molecule has 0 saturated carbocycles. The Bertz CT molecular complexity index is 1090. The van der Waals surface area contributed by atoms with E-state index in [1.54, 1.807) is 16.3 Å². The fourth-order valence-electron chi connectivity index (χ4n) is 3.45. The van der Waals surface area contributed by atoms with E-state index in [0.29, 0.717) is 6.42 Å². The monoisotopic (exact) mass is 330 g/mol. The highest BCUT2D eigenvalue weighted by atomic mass is 32.2. The van der Waals surface area contributed by atoms with Gasteiger partial charge in [0.2, 0.25) is 5.91 Å². The maximum absolute atomic E-state index is 12.8. The SMILES string of the molecule is O=C1C[C@@H](c2cccc3ccccc23)Sc2nc3ccccc3n21. The molecule has 4 heteroatoms. The topological polar surface area (TPSA) is 34.9 Å². The molecule has 1 atom stereocenters. The molecule has 0 bridgehead atoms. The molecule has 2 heterocycles. The Morgan fingerprint density at radius 2 is 1.75 bits per heavy atom. The van der Waals surface area contributed by atoms with Gasteiger partial charge in [0.1, 0.15) is 0 Å². The van der Waals surface area contributed by atoms with Crippen LogP contribution >= 0.6 is 11.8 Å². The van der Waals surface area contributed by atoms with Gasteiger partial charge in [-0.1, -0.05) is 66.4 Å². The van der Waals surface area contributed by atoms with Crippen molar-refractivity contribution in [2.75, 3.05) is 0 Å². The summed E-state index contributed by atoms with van der Waals surface area (Å²) in [4.78, 5) is 17.5. The highest BCUT2D eigenvalue weighted by molar-refractivity contribution is 7.99. The van der Waals surface area contributed by atoms with Crippen LogP contribution in [0.2, 0.25) is 0 Å². The van der Waals surface area contributed by atoms with Crippen molar-refractivity contribution in [3.05, 3.63) is 72.3 Å². The zero-order valence-corrected chi connectivity index (χ0v) is 13.7. The second-order valence-corrected chi connectivity index (χ2v) is 7.16. The number of para-hydroxylation sites is 2. The molecule has 1 aliphatic heterocycles. The van der Waals surface area contributed by atoms with Gasteiger partial charge in [-0.2, -0.15) is 0 Å². The molecule has 3 aromatic carbocycles. The van der Waals surface area contributed by atoms with Crippen molar-refractivity contribution in [3.63, 3.8) is 0 Å². The van der Waals surface area contributed by atoms with E-state index in [9.17, 15) is 4.79 Å². The van der Waals surface area contributed by atoms with E-state index < -0.39 is 0 Å². The summed E-state index contributed by atoms with van der Waals surface area (Å²) in [6.45, 7) is 0. The average Bonchev–Trinajstić information content (AvgIpc) is 3.00. The first kappa shape index (κ1) is 13.8. The van der Waals surface area contributed by atoms with Gasteiger partial charge in [0, 0.05) is 11.7 Å². The van der Waals surface area contributed by atoms with Crippen LogP contribution in [0.5, 0.6) is 0 Å². The Morgan fingerprint density at radius 3 is 2.71 bits per heavy atom. The van der Waals surface area contributed by atoms with E-state index in [-0.39, 0.29) is 11.2 Å². The normalized spacial score (nSPS) is 17.3. The number of carbonyl (C=O) groups is 1. The molecular formula is C20H14N2OS. The van der Waals surface area contributed by atoms with E-state index in [0.717, 1.165) is 16.2 Å². The van der Waals surface area contributed by atoms with Crippen molar-refractivity contribution >= 4 is 39.5 Å². The van der Waals surface area contributed by atoms with Gasteiger partial charge in [-0.3, -0.25) is 9.36 Å². The van der Waals surface area contributed by atoms with Crippen LogP contribution in [0, 0.1) is 0 Å². The lowest BCUT2D eigenvalue weighted by Gasteiger charge is -2.23. The minimum Gasteiger partial charge on any atom is -0.274 e. The minimum atomic E-state index is 0.105. The number of imidazole rings is 1. The lowest BCUT2D eigenvalue weighted by Crippen LogP contribution is -2.19. The van der Waals surface area contributed by atoms with Crippen molar-refractivity contribution in [2.24, 2.45) is 0 Å². The van der Waals surface area contributed by atoms with Crippen LogP contribution in [0.1, 0.15) is 22.0 Å². The van der Waals surface area contributed by atoms with Crippen LogP contribution in [-0.2, 0) is 0 Å². The van der Waals surface area contributed by atoms with Crippen LogP contribution in [0.4, 0.5) is 0 Å². The molecule has 3 nitrogen and oxygen atoms in total. The van der Waals surface area contributed by atoms with Gasteiger partial charge in [-0.05, 0) is 28.5 Å². The van der Waals surface area contributed by atoms with Gasteiger partial charge < -0.3 is 0 Å². The second-order valence-electron chi connectivity index (χ2n) is 5.99. The number of carbonyl (C=O) groups excluding carboxylic acids is 1. The average molecular weight is 330 g/mol. The van der Waals surface area contributed by atoms with Crippen molar-refractivity contribution in [2.45, 2.75) is 16.8 Å². The Balaban J connectivity index is 1.66. The van der Waals surface area contributed by atoms with E-state index >= 15 is 0 Å². The van der Waals surface area contributed by atoms with Crippen LogP contribution in [0.25, 0.3) is 21.8 Å². The van der Waals surface area contributed by atoms with Crippen LogP contribution < -0.4 is 0 Å². The standard InChI is InChI=1S/C20H14N2OS/c23-19-12-18(15-9-5-7-13-6-1-2-8-14(13)15)24-20-21-16-10-3-4-11-17(16)22(19)20/h1-11,18H,12H2/t18-/m0/s1. The number of fused-ring (bicyclic) bond motifs is 4. The first-order valence-electron chi connectivity index (χ1n) is 7.96. The molecule has 5 rings (SSSR count). The molecule has 0 fully saturated rings. The van der Waals surface area contributed by atoms with E-state index in [1.165, 1.54) is 16.3 Å². The van der Waals surface area contributed by atoms with Crippen LogP contribution in [0.15, 0.2) is 71.9 Å². The first-order chi connectivity index (χ1) is 11.8. The summed E-state index contributed by atoms with van der Waals surface area (Å²) in [6, 6.07) is 22.5. The predicted octanol–water partition coefficient (Wildman–Crippen LogP) is 5.07. The molecule has 0 unspecified atom stereocenters. The van der Waals surface area contributed by atoms with E-state index in [1.807, 2.05) is 30.3 Å². The molecule has 0 saturated heterocycles. The van der Waals surface area contributed by atoms with Gasteiger partial charge in [0.25, 0.3) is 0 Å². The summed E-state index contributed by atoms with van der Waals surface area (Å²) in [5.41, 5.74) is 3.00. The lowest BCUT2D eigenvalue weighted by molar-refractivity contribution is 0.0891. The number of hydrogen-bond donors (Lipinski definition) is 0.